The van der Waals surface area contributed by atoms with Crippen LogP contribution in [0.25, 0.3) is 11.4 Å². The van der Waals surface area contributed by atoms with Crippen LogP contribution in [0, 0.1) is 0 Å². The molecule has 1 N–H and O–H groups in total. The zero-order chi connectivity index (χ0) is 28.0. The van der Waals surface area contributed by atoms with Crippen LogP contribution < -0.4 is 14.8 Å². The molecule has 0 radical (unpaired) electrons. The zero-order valence-corrected chi connectivity index (χ0v) is 22.6. The summed E-state index contributed by atoms with van der Waals surface area (Å²) in [7, 11) is 3.17. The van der Waals surface area contributed by atoms with Crippen LogP contribution in [-0.4, -0.2) is 56.7 Å². The monoisotopic (exact) mass is 532 g/mol. The SMILES string of the molecule is COc1ccc(CN(C(=O)Cn2nnc(-c3ccc(OC)cc3)n2)[C@H](C(=O)NC(C)(C)C)c2ccco2)cc1. The van der Waals surface area contributed by atoms with Gasteiger partial charge in [-0.05, 0) is 80.1 Å². The normalized spacial score (nSPS) is 12.0. The van der Waals surface area contributed by atoms with Gasteiger partial charge in [0.25, 0.3) is 5.91 Å². The molecule has 0 saturated carbocycles. The molecule has 11 nitrogen and oxygen atoms in total. The molecule has 2 amide bonds. The van der Waals surface area contributed by atoms with E-state index in [1.807, 2.05) is 45.0 Å². The Hall–Kier alpha value is -4.67. The summed E-state index contributed by atoms with van der Waals surface area (Å²) in [6.07, 6.45) is 1.48. The molecule has 0 bridgehead atoms. The van der Waals surface area contributed by atoms with Crippen molar-refractivity contribution in [1.29, 1.82) is 0 Å². The lowest BCUT2D eigenvalue weighted by Gasteiger charge is -2.32. The first-order valence-corrected chi connectivity index (χ1v) is 12.4. The number of methoxy groups -OCH3 is 2. The lowest BCUT2D eigenvalue weighted by Crippen LogP contribution is -2.49. The fourth-order valence-corrected chi connectivity index (χ4v) is 3.94. The summed E-state index contributed by atoms with van der Waals surface area (Å²) in [5, 5.41) is 15.5. The van der Waals surface area contributed by atoms with Crippen molar-refractivity contribution in [1.82, 2.24) is 30.4 Å². The fourth-order valence-electron chi connectivity index (χ4n) is 3.94. The van der Waals surface area contributed by atoms with Crippen molar-refractivity contribution in [2.24, 2.45) is 0 Å². The number of aromatic nitrogens is 4. The Morgan fingerprint density at radius 1 is 1.00 bits per heavy atom. The molecule has 39 heavy (non-hydrogen) atoms. The maximum absolute atomic E-state index is 13.8. The van der Waals surface area contributed by atoms with Crippen LogP contribution in [0.15, 0.2) is 71.3 Å². The maximum atomic E-state index is 13.8. The van der Waals surface area contributed by atoms with Gasteiger partial charge in [0, 0.05) is 17.6 Å². The highest BCUT2D eigenvalue weighted by atomic mass is 16.5. The first-order chi connectivity index (χ1) is 18.7. The highest BCUT2D eigenvalue weighted by Gasteiger charge is 2.35. The van der Waals surface area contributed by atoms with Gasteiger partial charge in [-0.1, -0.05) is 12.1 Å². The number of amides is 2. The third kappa shape index (κ3) is 7.01. The third-order valence-corrected chi connectivity index (χ3v) is 5.78. The van der Waals surface area contributed by atoms with Gasteiger partial charge in [0.2, 0.25) is 11.7 Å². The quantitative estimate of drug-likeness (QED) is 0.328. The predicted octanol–water partition coefficient (Wildman–Crippen LogP) is 3.64. The van der Waals surface area contributed by atoms with Gasteiger partial charge in [-0.15, -0.1) is 10.2 Å². The molecule has 0 spiro atoms. The van der Waals surface area contributed by atoms with E-state index >= 15 is 0 Å². The molecular formula is C28H32N6O5. The van der Waals surface area contributed by atoms with E-state index in [1.165, 1.54) is 16.0 Å². The van der Waals surface area contributed by atoms with E-state index in [9.17, 15) is 9.59 Å². The highest BCUT2D eigenvalue weighted by Crippen LogP contribution is 2.26. The Morgan fingerprint density at radius 3 is 2.21 bits per heavy atom. The number of hydrogen-bond donors (Lipinski definition) is 1. The summed E-state index contributed by atoms with van der Waals surface area (Å²) in [5.41, 5.74) is 0.995. The predicted molar refractivity (Wildman–Crippen MR) is 143 cm³/mol. The van der Waals surface area contributed by atoms with Crippen molar-refractivity contribution in [3.63, 3.8) is 0 Å². The second kappa shape index (κ2) is 11.8. The number of tetrazole rings is 1. The maximum Gasteiger partial charge on any atom is 0.251 e. The molecule has 0 saturated heterocycles. The Morgan fingerprint density at radius 2 is 1.64 bits per heavy atom. The number of rotatable bonds is 10. The molecular weight excluding hydrogens is 500 g/mol. The van der Waals surface area contributed by atoms with Gasteiger partial charge in [0.15, 0.2) is 6.04 Å². The van der Waals surface area contributed by atoms with E-state index in [2.05, 4.69) is 20.7 Å². The number of carbonyl (C=O) groups is 2. The molecule has 2 aromatic heterocycles. The van der Waals surface area contributed by atoms with Gasteiger partial charge in [-0.25, -0.2) is 0 Å². The highest BCUT2D eigenvalue weighted by molar-refractivity contribution is 5.88. The second-order valence-corrected chi connectivity index (χ2v) is 9.90. The number of carbonyl (C=O) groups excluding carboxylic acids is 2. The standard InChI is InChI=1S/C28H32N6O5/c1-28(2,3)29-27(36)25(23-7-6-16-39-23)33(17-19-8-12-21(37-4)13-9-19)24(35)18-34-31-26(30-32-34)20-10-14-22(38-5)15-11-20/h6-16,25H,17-18H2,1-5H3,(H,29,36)/t25-/m0/s1. The minimum Gasteiger partial charge on any atom is -0.497 e. The first kappa shape index (κ1) is 27.4. The summed E-state index contributed by atoms with van der Waals surface area (Å²) >= 11 is 0. The summed E-state index contributed by atoms with van der Waals surface area (Å²) < 4.78 is 16.1. The van der Waals surface area contributed by atoms with Gasteiger partial charge in [0.05, 0.1) is 20.5 Å². The van der Waals surface area contributed by atoms with Gasteiger partial charge >= 0.3 is 0 Å². The number of nitrogens with zero attached hydrogens (tertiary/aromatic N) is 5. The molecule has 4 rings (SSSR count). The molecule has 4 aromatic rings. The van der Waals surface area contributed by atoms with Crippen molar-refractivity contribution in [2.75, 3.05) is 14.2 Å². The van der Waals surface area contributed by atoms with E-state index in [0.717, 1.165) is 11.1 Å². The molecule has 2 heterocycles. The second-order valence-electron chi connectivity index (χ2n) is 9.90. The van der Waals surface area contributed by atoms with Crippen LogP contribution >= 0.6 is 0 Å². The van der Waals surface area contributed by atoms with E-state index < -0.39 is 17.5 Å². The number of hydrogen-bond acceptors (Lipinski definition) is 8. The van der Waals surface area contributed by atoms with Crippen molar-refractivity contribution < 1.29 is 23.5 Å². The number of benzene rings is 2. The minimum absolute atomic E-state index is 0.131. The van der Waals surface area contributed by atoms with Crippen LogP contribution in [0.2, 0.25) is 0 Å². The average molecular weight is 533 g/mol. The van der Waals surface area contributed by atoms with Crippen molar-refractivity contribution in [2.45, 2.75) is 45.4 Å². The van der Waals surface area contributed by atoms with Gasteiger partial charge in [-0.2, -0.15) is 4.80 Å². The van der Waals surface area contributed by atoms with E-state index in [-0.39, 0.29) is 19.0 Å². The molecule has 11 heteroatoms. The van der Waals surface area contributed by atoms with Crippen LogP contribution in [0.4, 0.5) is 0 Å². The molecule has 0 aliphatic heterocycles. The number of ether oxygens (including phenoxy) is 2. The van der Waals surface area contributed by atoms with Crippen molar-refractivity contribution in [3.8, 4) is 22.9 Å². The number of nitrogens with one attached hydrogen (secondary N) is 1. The zero-order valence-electron chi connectivity index (χ0n) is 22.6. The summed E-state index contributed by atoms with van der Waals surface area (Å²) in [6.45, 7) is 5.52. The Kier molecular flexibility index (Phi) is 8.28. The van der Waals surface area contributed by atoms with E-state index in [0.29, 0.717) is 23.1 Å². The van der Waals surface area contributed by atoms with Crippen LogP contribution in [0.3, 0.4) is 0 Å². The molecule has 0 unspecified atom stereocenters. The molecule has 0 aliphatic carbocycles. The molecule has 1 atom stereocenters. The van der Waals surface area contributed by atoms with Gasteiger partial charge in [0.1, 0.15) is 23.8 Å². The minimum atomic E-state index is -1.03. The van der Waals surface area contributed by atoms with E-state index in [4.69, 9.17) is 13.9 Å². The van der Waals surface area contributed by atoms with Crippen molar-refractivity contribution >= 4 is 11.8 Å². The summed E-state index contributed by atoms with van der Waals surface area (Å²) in [4.78, 5) is 30.0. The third-order valence-electron chi connectivity index (χ3n) is 5.78. The Bertz CT molecular complexity index is 1380. The fraction of sp³-hybridized carbons (Fsp3) is 0.321. The van der Waals surface area contributed by atoms with Gasteiger partial charge in [-0.3, -0.25) is 9.59 Å². The molecule has 2 aromatic carbocycles. The van der Waals surface area contributed by atoms with Crippen LogP contribution in [0.1, 0.15) is 38.1 Å². The smallest absolute Gasteiger partial charge is 0.251 e. The largest absolute Gasteiger partial charge is 0.497 e. The van der Waals surface area contributed by atoms with Gasteiger partial charge < -0.3 is 24.1 Å². The average Bonchev–Trinajstić information content (AvgIpc) is 3.60. The first-order valence-electron chi connectivity index (χ1n) is 12.4. The topological polar surface area (TPSA) is 125 Å². The summed E-state index contributed by atoms with van der Waals surface area (Å²) in [5.74, 6) is 1.32. The van der Waals surface area contributed by atoms with Crippen molar-refractivity contribution in [3.05, 3.63) is 78.3 Å². The lowest BCUT2D eigenvalue weighted by atomic mass is 10.1. The lowest BCUT2D eigenvalue weighted by molar-refractivity contribution is -0.143. The Balaban J connectivity index is 1.64. The van der Waals surface area contributed by atoms with Crippen LogP contribution in [-0.2, 0) is 22.7 Å². The molecule has 0 aliphatic rings. The Labute approximate surface area is 226 Å². The van der Waals surface area contributed by atoms with E-state index in [1.54, 1.807) is 50.6 Å². The van der Waals surface area contributed by atoms with Crippen LogP contribution in [0.5, 0.6) is 11.5 Å². The summed E-state index contributed by atoms with van der Waals surface area (Å²) in [6, 6.07) is 16.8. The number of furan rings is 1. The molecule has 204 valence electrons. The molecule has 0 fully saturated rings.